The van der Waals surface area contributed by atoms with E-state index in [0.29, 0.717) is 22.5 Å². The van der Waals surface area contributed by atoms with Gasteiger partial charge in [-0.25, -0.2) is 0 Å². The number of furan rings is 1. The number of carbonyl (C=O) groups is 1. The predicted molar refractivity (Wildman–Crippen MR) is 84.3 cm³/mol. The number of aryl methyl sites for hydroxylation is 1. The van der Waals surface area contributed by atoms with E-state index in [1.54, 1.807) is 18.2 Å². The maximum Gasteiger partial charge on any atom is 0.287 e. The summed E-state index contributed by atoms with van der Waals surface area (Å²) in [5.74, 6) is 2.14. The summed E-state index contributed by atoms with van der Waals surface area (Å²) in [6.07, 6.45) is 2.41. The second-order valence-electron chi connectivity index (χ2n) is 5.62. The Balaban J connectivity index is 1.54. The average molecular weight is 320 g/mol. The lowest BCUT2D eigenvalue weighted by molar-refractivity contribution is 0.0920. The van der Waals surface area contributed by atoms with Crippen LogP contribution in [0.25, 0.3) is 0 Å². The summed E-state index contributed by atoms with van der Waals surface area (Å²) in [6, 6.07) is 8.91. The Labute approximate surface area is 134 Å². The van der Waals surface area contributed by atoms with Crippen LogP contribution in [0.15, 0.2) is 34.7 Å². The van der Waals surface area contributed by atoms with Crippen molar-refractivity contribution in [1.82, 2.24) is 5.32 Å². The molecule has 1 fully saturated rings. The van der Waals surface area contributed by atoms with Gasteiger partial charge in [0.15, 0.2) is 5.76 Å². The first kappa shape index (κ1) is 15.0. The molecule has 0 aliphatic heterocycles. The van der Waals surface area contributed by atoms with Gasteiger partial charge < -0.3 is 14.5 Å². The van der Waals surface area contributed by atoms with Crippen LogP contribution < -0.4 is 10.1 Å². The number of ether oxygens (including phenoxy) is 1. The Kier molecular flexibility index (Phi) is 4.39. The Bertz CT molecular complexity index is 676. The van der Waals surface area contributed by atoms with Gasteiger partial charge in [-0.05, 0) is 61.6 Å². The summed E-state index contributed by atoms with van der Waals surface area (Å²) < 4.78 is 11.2. The van der Waals surface area contributed by atoms with Crippen molar-refractivity contribution in [3.63, 3.8) is 0 Å². The van der Waals surface area contributed by atoms with Crippen molar-refractivity contribution in [3.8, 4) is 5.75 Å². The third kappa shape index (κ3) is 3.83. The third-order valence-corrected chi connectivity index (χ3v) is 4.07. The first-order valence-corrected chi connectivity index (χ1v) is 7.75. The molecule has 0 radical (unpaired) electrons. The number of carbonyl (C=O) groups excluding carboxylic acids is 1. The van der Waals surface area contributed by atoms with Crippen LogP contribution in [0.4, 0.5) is 0 Å². The molecule has 1 aliphatic rings. The van der Waals surface area contributed by atoms with E-state index in [0.717, 1.165) is 17.9 Å². The predicted octanol–water partition coefficient (Wildman–Crippen LogP) is 3.96. The molecule has 0 bridgehead atoms. The minimum absolute atomic E-state index is 0.166. The van der Waals surface area contributed by atoms with Crippen LogP contribution in [0.5, 0.6) is 5.75 Å². The molecule has 4 nitrogen and oxygen atoms in total. The summed E-state index contributed by atoms with van der Waals surface area (Å²) in [4.78, 5) is 11.9. The zero-order valence-corrected chi connectivity index (χ0v) is 13.2. The SMILES string of the molecule is Cc1cc(OCc2ccc(C(=O)NCC3CC3)o2)ccc1Cl. The van der Waals surface area contributed by atoms with Gasteiger partial charge in [0.05, 0.1) is 0 Å². The number of rotatable bonds is 6. The monoisotopic (exact) mass is 319 g/mol. The van der Waals surface area contributed by atoms with Crippen molar-refractivity contribution in [2.75, 3.05) is 6.54 Å². The van der Waals surface area contributed by atoms with Crippen molar-refractivity contribution in [3.05, 3.63) is 52.4 Å². The van der Waals surface area contributed by atoms with Gasteiger partial charge >= 0.3 is 0 Å². The molecule has 5 heteroatoms. The molecule has 1 aromatic heterocycles. The first-order valence-electron chi connectivity index (χ1n) is 7.37. The van der Waals surface area contributed by atoms with E-state index < -0.39 is 0 Å². The summed E-state index contributed by atoms with van der Waals surface area (Å²) >= 11 is 5.97. The van der Waals surface area contributed by atoms with Crippen molar-refractivity contribution in [1.29, 1.82) is 0 Å². The standard InChI is InChI=1S/C17H18ClNO3/c1-11-8-13(4-6-15(11)18)21-10-14-5-7-16(22-14)17(20)19-9-12-2-3-12/h4-8,12H,2-3,9-10H2,1H3,(H,19,20). The molecule has 1 saturated carbocycles. The summed E-state index contributed by atoms with van der Waals surface area (Å²) in [6.45, 7) is 2.93. The molecule has 0 spiro atoms. The summed E-state index contributed by atoms with van der Waals surface area (Å²) in [5, 5.41) is 3.58. The van der Waals surface area contributed by atoms with Gasteiger partial charge in [0.25, 0.3) is 5.91 Å². The van der Waals surface area contributed by atoms with Crippen molar-refractivity contribution < 1.29 is 13.9 Å². The number of nitrogens with one attached hydrogen (secondary N) is 1. The highest BCUT2D eigenvalue weighted by Crippen LogP contribution is 2.27. The molecular weight excluding hydrogens is 302 g/mol. The lowest BCUT2D eigenvalue weighted by atomic mass is 10.2. The van der Waals surface area contributed by atoms with E-state index in [9.17, 15) is 4.79 Å². The van der Waals surface area contributed by atoms with Crippen LogP contribution in [-0.4, -0.2) is 12.5 Å². The van der Waals surface area contributed by atoms with Crippen LogP contribution in [-0.2, 0) is 6.61 Å². The molecule has 0 unspecified atom stereocenters. The molecule has 116 valence electrons. The van der Waals surface area contributed by atoms with Crippen LogP contribution in [0.1, 0.15) is 34.7 Å². The Morgan fingerprint density at radius 2 is 2.18 bits per heavy atom. The number of halogens is 1. The number of hydrogen-bond donors (Lipinski definition) is 1. The van der Waals surface area contributed by atoms with E-state index in [1.807, 2.05) is 19.1 Å². The zero-order chi connectivity index (χ0) is 15.5. The second-order valence-corrected chi connectivity index (χ2v) is 6.03. The van der Waals surface area contributed by atoms with E-state index in [1.165, 1.54) is 12.8 Å². The molecule has 1 aliphatic carbocycles. The Morgan fingerprint density at radius 1 is 1.36 bits per heavy atom. The fourth-order valence-electron chi connectivity index (χ4n) is 2.09. The fourth-order valence-corrected chi connectivity index (χ4v) is 2.20. The Hall–Kier alpha value is -1.94. The minimum atomic E-state index is -0.166. The molecular formula is C17H18ClNO3. The molecule has 0 atom stereocenters. The molecule has 1 N–H and O–H groups in total. The fraction of sp³-hybridized carbons (Fsp3) is 0.353. The second kappa shape index (κ2) is 6.44. The third-order valence-electron chi connectivity index (χ3n) is 3.64. The lowest BCUT2D eigenvalue weighted by Gasteiger charge is -2.06. The maximum atomic E-state index is 11.9. The number of benzene rings is 1. The summed E-state index contributed by atoms with van der Waals surface area (Å²) in [5.41, 5.74) is 0.957. The van der Waals surface area contributed by atoms with E-state index in [2.05, 4.69) is 5.32 Å². The lowest BCUT2D eigenvalue weighted by Crippen LogP contribution is -2.24. The van der Waals surface area contributed by atoms with E-state index in [4.69, 9.17) is 20.8 Å². The molecule has 0 saturated heterocycles. The van der Waals surface area contributed by atoms with Gasteiger partial charge in [0.1, 0.15) is 18.1 Å². The molecule has 3 rings (SSSR count). The molecule has 1 heterocycles. The molecule has 1 amide bonds. The van der Waals surface area contributed by atoms with Crippen LogP contribution >= 0.6 is 11.6 Å². The zero-order valence-electron chi connectivity index (χ0n) is 12.4. The number of amides is 1. The van der Waals surface area contributed by atoms with Crippen molar-refractivity contribution in [2.45, 2.75) is 26.4 Å². The normalized spacial score (nSPS) is 13.9. The van der Waals surface area contributed by atoms with Gasteiger partial charge in [0.2, 0.25) is 0 Å². The molecule has 1 aromatic carbocycles. The van der Waals surface area contributed by atoms with Crippen LogP contribution in [0.3, 0.4) is 0 Å². The van der Waals surface area contributed by atoms with Gasteiger partial charge in [-0.15, -0.1) is 0 Å². The Morgan fingerprint density at radius 3 is 2.91 bits per heavy atom. The van der Waals surface area contributed by atoms with Gasteiger partial charge in [-0.2, -0.15) is 0 Å². The van der Waals surface area contributed by atoms with E-state index >= 15 is 0 Å². The summed E-state index contributed by atoms with van der Waals surface area (Å²) in [7, 11) is 0. The van der Waals surface area contributed by atoms with Gasteiger partial charge in [-0.3, -0.25) is 4.79 Å². The highest BCUT2D eigenvalue weighted by Gasteiger charge is 2.22. The van der Waals surface area contributed by atoms with Gasteiger partial charge in [0, 0.05) is 11.6 Å². The quantitative estimate of drug-likeness (QED) is 0.876. The van der Waals surface area contributed by atoms with Crippen molar-refractivity contribution in [2.24, 2.45) is 5.92 Å². The van der Waals surface area contributed by atoms with E-state index in [-0.39, 0.29) is 12.5 Å². The molecule has 22 heavy (non-hydrogen) atoms. The highest BCUT2D eigenvalue weighted by atomic mass is 35.5. The highest BCUT2D eigenvalue weighted by molar-refractivity contribution is 6.31. The number of hydrogen-bond acceptors (Lipinski definition) is 3. The molecule has 2 aromatic rings. The van der Waals surface area contributed by atoms with Crippen LogP contribution in [0, 0.1) is 12.8 Å². The topological polar surface area (TPSA) is 51.5 Å². The smallest absolute Gasteiger partial charge is 0.287 e. The van der Waals surface area contributed by atoms with Gasteiger partial charge in [-0.1, -0.05) is 11.6 Å². The van der Waals surface area contributed by atoms with Crippen molar-refractivity contribution >= 4 is 17.5 Å². The average Bonchev–Trinajstić information content (AvgIpc) is 3.22. The largest absolute Gasteiger partial charge is 0.486 e. The van der Waals surface area contributed by atoms with Crippen LogP contribution in [0.2, 0.25) is 5.02 Å². The maximum absolute atomic E-state index is 11.9. The first-order chi connectivity index (χ1) is 10.6. The minimum Gasteiger partial charge on any atom is -0.486 e.